The van der Waals surface area contributed by atoms with Crippen LogP contribution in [-0.4, -0.2) is 70.3 Å². The van der Waals surface area contributed by atoms with E-state index in [-0.39, 0.29) is 6.04 Å². The Bertz CT molecular complexity index is 350. The number of aromatic nitrogens is 4. The third kappa shape index (κ3) is 2.80. The highest BCUT2D eigenvalue weighted by Gasteiger charge is 2.28. The summed E-state index contributed by atoms with van der Waals surface area (Å²) in [5.41, 5.74) is 5.52. The molecule has 2 N–H and O–H groups in total. The van der Waals surface area contributed by atoms with Crippen molar-refractivity contribution in [3.05, 3.63) is 5.82 Å². The van der Waals surface area contributed by atoms with Crippen molar-refractivity contribution in [3.8, 4) is 0 Å². The van der Waals surface area contributed by atoms with Gasteiger partial charge in [0, 0.05) is 26.2 Å². The topological polar surface area (TPSA) is 76.1 Å². The number of hydrogen-bond acceptors (Lipinski definition) is 6. The molecule has 96 valence electrons. The van der Waals surface area contributed by atoms with Crippen LogP contribution in [0.4, 0.5) is 0 Å². The minimum absolute atomic E-state index is 0.279. The number of aryl methyl sites for hydroxylation is 1. The number of hydrogen-bond donors (Lipinski definition) is 1. The molecule has 1 atom stereocenters. The van der Waals surface area contributed by atoms with E-state index in [1.54, 1.807) is 0 Å². The van der Waals surface area contributed by atoms with Gasteiger partial charge in [0.15, 0.2) is 5.82 Å². The zero-order valence-electron chi connectivity index (χ0n) is 10.6. The van der Waals surface area contributed by atoms with Crippen LogP contribution in [0.2, 0.25) is 0 Å². The molecule has 0 saturated carbocycles. The maximum Gasteiger partial charge on any atom is 0.169 e. The van der Waals surface area contributed by atoms with Crippen molar-refractivity contribution in [2.45, 2.75) is 19.0 Å². The molecule has 0 aliphatic carbocycles. The highest BCUT2D eigenvalue weighted by Crippen LogP contribution is 2.20. The van der Waals surface area contributed by atoms with Gasteiger partial charge < -0.3 is 10.6 Å². The van der Waals surface area contributed by atoms with Crippen LogP contribution in [-0.2, 0) is 6.54 Å². The highest BCUT2D eigenvalue weighted by atomic mass is 15.6. The molecule has 2 heterocycles. The van der Waals surface area contributed by atoms with Crippen molar-refractivity contribution in [2.75, 3.05) is 40.3 Å². The van der Waals surface area contributed by atoms with Crippen LogP contribution in [0, 0.1) is 0 Å². The normalized spacial score (nSPS) is 23.1. The average Bonchev–Trinajstić information content (AvgIpc) is 2.77. The van der Waals surface area contributed by atoms with E-state index < -0.39 is 0 Å². The maximum absolute atomic E-state index is 5.52. The fourth-order valence-electron chi connectivity index (χ4n) is 2.14. The summed E-state index contributed by atoms with van der Waals surface area (Å²) >= 11 is 0. The van der Waals surface area contributed by atoms with Gasteiger partial charge in [0.25, 0.3) is 0 Å². The van der Waals surface area contributed by atoms with Gasteiger partial charge in [-0.3, -0.25) is 4.90 Å². The molecule has 0 aromatic carbocycles. The molecule has 2 rings (SSSR count). The molecule has 7 nitrogen and oxygen atoms in total. The number of tetrazole rings is 1. The second-order valence-electron chi connectivity index (χ2n) is 4.66. The SMILES string of the molecule is CN1CCN(C)C(c2nnnn2CCCN)C1. The molecular formula is C10H21N7. The molecule has 7 heteroatoms. The number of nitrogens with zero attached hydrogens (tertiary/aromatic N) is 6. The van der Waals surface area contributed by atoms with Gasteiger partial charge in [-0.25, -0.2) is 4.68 Å². The molecule has 0 amide bonds. The van der Waals surface area contributed by atoms with E-state index in [4.69, 9.17) is 5.73 Å². The van der Waals surface area contributed by atoms with Crippen LogP contribution in [0.5, 0.6) is 0 Å². The zero-order valence-corrected chi connectivity index (χ0v) is 10.6. The molecule has 0 bridgehead atoms. The van der Waals surface area contributed by atoms with E-state index >= 15 is 0 Å². The summed E-state index contributed by atoms with van der Waals surface area (Å²) in [5, 5.41) is 12.0. The summed E-state index contributed by atoms with van der Waals surface area (Å²) in [6.45, 7) is 4.58. The van der Waals surface area contributed by atoms with Gasteiger partial charge in [-0.2, -0.15) is 0 Å². The van der Waals surface area contributed by atoms with Crippen molar-refractivity contribution in [1.82, 2.24) is 30.0 Å². The van der Waals surface area contributed by atoms with E-state index in [1.807, 2.05) is 4.68 Å². The molecule has 17 heavy (non-hydrogen) atoms. The fraction of sp³-hybridized carbons (Fsp3) is 0.900. The summed E-state index contributed by atoms with van der Waals surface area (Å²) in [6.07, 6.45) is 0.907. The van der Waals surface area contributed by atoms with E-state index in [9.17, 15) is 0 Å². The summed E-state index contributed by atoms with van der Waals surface area (Å²) in [6, 6.07) is 0.279. The van der Waals surface area contributed by atoms with Crippen molar-refractivity contribution in [1.29, 1.82) is 0 Å². The lowest BCUT2D eigenvalue weighted by atomic mass is 10.1. The van der Waals surface area contributed by atoms with Crippen LogP contribution < -0.4 is 5.73 Å². The minimum atomic E-state index is 0.279. The van der Waals surface area contributed by atoms with Gasteiger partial charge in [-0.1, -0.05) is 0 Å². The highest BCUT2D eigenvalue weighted by molar-refractivity contribution is 4.96. The van der Waals surface area contributed by atoms with Gasteiger partial charge in [0.2, 0.25) is 0 Å². The van der Waals surface area contributed by atoms with Gasteiger partial charge in [0.05, 0.1) is 6.04 Å². The minimum Gasteiger partial charge on any atom is -0.330 e. The predicted molar refractivity (Wildman–Crippen MR) is 64.4 cm³/mol. The van der Waals surface area contributed by atoms with E-state index in [0.29, 0.717) is 6.54 Å². The number of likely N-dealkylation sites (N-methyl/N-ethyl adjacent to an activating group) is 2. The third-order valence-electron chi connectivity index (χ3n) is 3.28. The molecular weight excluding hydrogens is 218 g/mol. The number of rotatable bonds is 4. The van der Waals surface area contributed by atoms with Gasteiger partial charge in [-0.15, -0.1) is 5.10 Å². The largest absolute Gasteiger partial charge is 0.330 e. The van der Waals surface area contributed by atoms with Crippen LogP contribution in [0.25, 0.3) is 0 Å². The van der Waals surface area contributed by atoms with E-state index in [0.717, 1.165) is 38.4 Å². The van der Waals surface area contributed by atoms with Crippen LogP contribution >= 0.6 is 0 Å². The fourth-order valence-corrected chi connectivity index (χ4v) is 2.14. The molecule has 1 aromatic rings. The van der Waals surface area contributed by atoms with Crippen LogP contribution in [0.1, 0.15) is 18.3 Å². The second kappa shape index (κ2) is 5.52. The Balaban J connectivity index is 2.11. The lowest BCUT2D eigenvalue weighted by molar-refractivity contribution is 0.106. The molecule has 1 fully saturated rings. The predicted octanol–water partition coefficient (Wildman–Crippen LogP) is -1.06. The second-order valence-corrected chi connectivity index (χ2v) is 4.66. The lowest BCUT2D eigenvalue weighted by Gasteiger charge is -2.36. The van der Waals surface area contributed by atoms with Crippen LogP contribution in [0.3, 0.4) is 0 Å². The average molecular weight is 239 g/mol. The maximum atomic E-state index is 5.52. The first-order chi connectivity index (χ1) is 8.22. The third-order valence-corrected chi connectivity index (χ3v) is 3.28. The molecule has 0 radical (unpaired) electrons. The van der Waals surface area contributed by atoms with Crippen molar-refractivity contribution in [3.63, 3.8) is 0 Å². The lowest BCUT2D eigenvalue weighted by Crippen LogP contribution is -2.45. The smallest absolute Gasteiger partial charge is 0.169 e. The first kappa shape index (κ1) is 12.4. The van der Waals surface area contributed by atoms with Crippen LogP contribution in [0.15, 0.2) is 0 Å². The summed E-state index contributed by atoms with van der Waals surface area (Å²) in [4.78, 5) is 4.62. The Morgan fingerprint density at radius 1 is 1.35 bits per heavy atom. The Hall–Kier alpha value is -1.05. The first-order valence-electron chi connectivity index (χ1n) is 6.07. The summed E-state index contributed by atoms with van der Waals surface area (Å²) in [5.74, 6) is 0.951. The summed E-state index contributed by atoms with van der Waals surface area (Å²) in [7, 11) is 4.26. The standard InChI is InChI=1S/C10H21N7/c1-15-6-7-16(2)9(8-15)10-12-13-14-17(10)5-3-4-11/h9H,3-8,11H2,1-2H3. The molecule has 1 saturated heterocycles. The molecule has 1 unspecified atom stereocenters. The number of piperazine rings is 1. The Morgan fingerprint density at radius 3 is 2.94 bits per heavy atom. The van der Waals surface area contributed by atoms with E-state index in [2.05, 4.69) is 39.4 Å². The monoisotopic (exact) mass is 239 g/mol. The van der Waals surface area contributed by atoms with Crippen molar-refractivity contribution < 1.29 is 0 Å². The molecule has 0 spiro atoms. The number of nitrogens with two attached hydrogens (primary N) is 1. The molecule has 1 aliphatic rings. The molecule has 1 aliphatic heterocycles. The van der Waals surface area contributed by atoms with Crippen molar-refractivity contribution >= 4 is 0 Å². The van der Waals surface area contributed by atoms with Gasteiger partial charge in [-0.05, 0) is 37.5 Å². The zero-order chi connectivity index (χ0) is 12.3. The quantitative estimate of drug-likeness (QED) is 0.722. The van der Waals surface area contributed by atoms with Crippen molar-refractivity contribution in [2.24, 2.45) is 5.73 Å². The van der Waals surface area contributed by atoms with Gasteiger partial charge >= 0.3 is 0 Å². The Kier molecular flexibility index (Phi) is 4.03. The van der Waals surface area contributed by atoms with Gasteiger partial charge in [0.1, 0.15) is 0 Å². The van der Waals surface area contributed by atoms with E-state index in [1.165, 1.54) is 0 Å². The Labute approximate surface area is 102 Å². The summed E-state index contributed by atoms with van der Waals surface area (Å²) < 4.78 is 1.88. The molecule has 1 aromatic heterocycles. The Morgan fingerprint density at radius 2 is 2.18 bits per heavy atom. The first-order valence-corrected chi connectivity index (χ1v) is 6.07.